The third kappa shape index (κ3) is 5.32. The van der Waals surface area contributed by atoms with Crippen molar-refractivity contribution in [1.29, 1.82) is 0 Å². The molecule has 0 aliphatic heterocycles. The number of carbonyl (C=O) groups is 1. The highest BCUT2D eigenvalue weighted by Crippen LogP contribution is 2.09. The molecule has 100 valence electrons. The molecule has 3 nitrogen and oxygen atoms in total. The van der Waals surface area contributed by atoms with Gasteiger partial charge in [-0.1, -0.05) is 18.2 Å². The summed E-state index contributed by atoms with van der Waals surface area (Å²) >= 11 is 0. The molecule has 0 aromatic heterocycles. The Bertz CT molecular complexity index is 388. The molecule has 0 amide bonds. The van der Waals surface area contributed by atoms with Crippen molar-refractivity contribution in [3.8, 4) is 0 Å². The maximum absolute atomic E-state index is 11.1. The first-order chi connectivity index (χ1) is 8.63. The van der Waals surface area contributed by atoms with Gasteiger partial charge in [-0.25, -0.2) is 0 Å². The minimum Gasteiger partial charge on any atom is -0.466 e. The van der Waals surface area contributed by atoms with Gasteiger partial charge < -0.3 is 10.1 Å². The van der Waals surface area contributed by atoms with Crippen molar-refractivity contribution < 1.29 is 9.53 Å². The minimum absolute atomic E-state index is 0.106. The third-order valence-electron chi connectivity index (χ3n) is 2.94. The molecule has 1 aromatic rings. The molecule has 1 aromatic carbocycles. The Kier molecular flexibility index (Phi) is 6.44. The maximum atomic E-state index is 11.1. The van der Waals surface area contributed by atoms with Crippen LogP contribution in [0.5, 0.6) is 0 Å². The van der Waals surface area contributed by atoms with E-state index in [1.165, 1.54) is 16.7 Å². The van der Waals surface area contributed by atoms with Gasteiger partial charge in [0.05, 0.1) is 6.61 Å². The Morgan fingerprint density at radius 2 is 2.06 bits per heavy atom. The van der Waals surface area contributed by atoms with Crippen LogP contribution in [0.2, 0.25) is 0 Å². The Labute approximate surface area is 110 Å². The van der Waals surface area contributed by atoms with Gasteiger partial charge >= 0.3 is 5.97 Å². The van der Waals surface area contributed by atoms with Crippen molar-refractivity contribution in [2.75, 3.05) is 13.2 Å². The Morgan fingerprint density at radius 1 is 1.28 bits per heavy atom. The molecule has 0 aliphatic rings. The van der Waals surface area contributed by atoms with Crippen LogP contribution < -0.4 is 5.32 Å². The zero-order valence-electron chi connectivity index (χ0n) is 11.6. The van der Waals surface area contributed by atoms with E-state index in [2.05, 4.69) is 37.4 Å². The van der Waals surface area contributed by atoms with E-state index < -0.39 is 0 Å². The molecule has 0 unspecified atom stereocenters. The largest absolute Gasteiger partial charge is 0.466 e. The minimum atomic E-state index is -0.106. The van der Waals surface area contributed by atoms with Crippen LogP contribution in [0.1, 0.15) is 36.5 Å². The lowest BCUT2D eigenvalue weighted by molar-refractivity contribution is -0.143. The van der Waals surface area contributed by atoms with Crippen molar-refractivity contribution in [2.24, 2.45) is 0 Å². The van der Waals surface area contributed by atoms with Crippen LogP contribution in [0.4, 0.5) is 0 Å². The van der Waals surface area contributed by atoms with Crippen LogP contribution >= 0.6 is 0 Å². The van der Waals surface area contributed by atoms with Gasteiger partial charge in [-0.05, 0) is 50.4 Å². The van der Waals surface area contributed by atoms with Crippen LogP contribution in [0.25, 0.3) is 0 Å². The lowest BCUT2D eigenvalue weighted by Gasteiger charge is -2.07. The molecule has 0 atom stereocenters. The molecule has 1 N–H and O–H groups in total. The second-order valence-corrected chi connectivity index (χ2v) is 4.50. The predicted molar refractivity (Wildman–Crippen MR) is 73.5 cm³/mol. The summed E-state index contributed by atoms with van der Waals surface area (Å²) in [5.41, 5.74) is 3.93. The number of nitrogens with one attached hydrogen (secondary N) is 1. The summed E-state index contributed by atoms with van der Waals surface area (Å²) in [6, 6.07) is 6.49. The van der Waals surface area contributed by atoms with Crippen molar-refractivity contribution >= 4 is 5.97 Å². The summed E-state index contributed by atoms with van der Waals surface area (Å²) in [4.78, 5) is 11.1. The molecule has 0 spiro atoms. The molecule has 0 heterocycles. The van der Waals surface area contributed by atoms with Crippen molar-refractivity contribution in [3.05, 3.63) is 34.9 Å². The summed E-state index contributed by atoms with van der Waals surface area (Å²) in [6.45, 7) is 8.23. The molecule has 0 radical (unpaired) electrons. The molecule has 0 saturated carbocycles. The van der Waals surface area contributed by atoms with Crippen molar-refractivity contribution in [3.63, 3.8) is 0 Å². The van der Waals surface area contributed by atoms with Crippen LogP contribution in [0, 0.1) is 13.8 Å². The lowest BCUT2D eigenvalue weighted by Crippen LogP contribution is -2.16. The second kappa shape index (κ2) is 7.88. The van der Waals surface area contributed by atoms with Gasteiger partial charge in [0.15, 0.2) is 0 Å². The van der Waals surface area contributed by atoms with E-state index >= 15 is 0 Å². The number of esters is 1. The van der Waals surface area contributed by atoms with Gasteiger partial charge in [-0.3, -0.25) is 4.79 Å². The topological polar surface area (TPSA) is 38.3 Å². The van der Waals surface area contributed by atoms with E-state index in [9.17, 15) is 4.79 Å². The van der Waals surface area contributed by atoms with E-state index in [0.29, 0.717) is 13.0 Å². The fourth-order valence-electron chi connectivity index (χ4n) is 1.74. The molecule has 0 saturated heterocycles. The normalized spacial score (nSPS) is 10.4. The van der Waals surface area contributed by atoms with Gasteiger partial charge in [0.1, 0.15) is 0 Å². The third-order valence-corrected chi connectivity index (χ3v) is 2.94. The number of ether oxygens (including phenoxy) is 1. The molecule has 0 aliphatic carbocycles. The number of benzene rings is 1. The lowest BCUT2D eigenvalue weighted by atomic mass is 10.1. The SMILES string of the molecule is CCOC(=O)CCCNCc1ccc(C)c(C)c1. The number of hydrogen-bond acceptors (Lipinski definition) is 3. The summed E-state index contributed by atoms with van der Waals surface area (Å²) in [5.74, 6) is -0.106. The predicted octanol–water partition coefficient (Wildman–Crippen LogP) is 2.74. The highest BCUT2D eigenvalue weighted by Gasteiger charge is 2.00. The fraction of sp³-hybridized carbons (Fsp3) is 0.533. The van der Waals surface area contributed by atoms with E-state index in [0.717, 1.165) is 19.5 Å². The maximum Gasteiger partial charge on any atom is 0.305 e. The molecule has 1 rings (SSSR count). The van der Waals surface area contributed by atoms with Gasteiger partial charge in [0.25, 0.3) is 0 Å². The number of hydrogen-bond donors (Lipinski definition) is 1. The highest BCUT2D eigenvalue weighted by molar-refractivity contribution is 5.69. The van der Waals surface area contributed by atoms with Gasteiger partial charge in [0, 0.05) is 13.0 Å². The van der Waals surface area contributed by atoms with E-state index in [-0.39, 0.29) is 5.97 Å². The average molecular weight is 249 g/mol. The Hall–Kier alpha value is -1.35. The van der Waals surface area contributed by atoms with Crippen LogP contribution in [0.15, 0.2) is 18.2 Å². The van der Waals surface area contributed by atoms with Crippen molar-refractivity contribution in [2.45, 2.75) is 40.2 Å². The van der Waals surface area contributed by atoms with E-state index in [1.54, 1.807) is 0 Å². The quantitative estimate of drug-likeness (QED) is 0.596. The monoisotopic (exact) mass is 249 g/mol. The van der Waals surface area contributed by atoms with Gasteiger partial charge in [-0.15, -0.1) is 0 Å². The summed E-state index contributed by atoms with van der Waals surface area (Å²) in [6.07, 6.45) is 1.32. The van der Waals surface area contributed by atoms with Crippen molar-refractivity contribution in [1.82, 2.24) is 5.32 Å². The molecular weight excluding hydrogens is 226 g/mol. The first-order valence-corrected chi connectivity index (χ1v) is 6.56. The fourth-order valence-corrected chi connectivity index (χ4v) is 1.74. The van der Waals surface area contributed by atoms with Crippen LogP contribution in [0.3, 0.4) is 0 Å². The Balaban J connectivity index is 2.18. The zero-order chi connectivity index (χ0) is 13.4. The van der Waals surface area contributed by atoms with Crippen LogP contribution in [-0.2, 0) is 16.1 Å². The molecular formula is C15H23NO2. The van der Waals surface area contributed by atoms with E-state index in [1.807, 2.05) is 6.92 Å². The molecule has 0 bridgehead atoms. The zero-order valence-corrected chi connectivity index (χ0v) is 11.6. The smallest absolute Gasteiger partial charge is 0.305 e. The number of aryl methyl sites for hydroxylation is 2. The number of rotatable bonds is 7. The highest BCUT2D eigenvalue weighted by atomic mass is 16.5. The first kappa shape index (κ1) is 14.7. The second-order valence-electron chi connectivity index (χ2n) is 4.50. The summed E-state index contributed by atoms with van der Waals surface area (Å²) < 4.78 is 4.87. The molecule has 3 heteroatoms. The van der Waals surface area contributed by atoms with Crippen LogP contribution in [-0.4, -0.2) is 19.1 Å². The first-order valence-electron chi connectivity index (χ1n) is 6.56. The summed E-state index contributed by atoms with van der Waals surface area (Å²) in [7, 11) is 0. The average Bonchev–Trinajstić information content (AvgIpc) is 2.33. The van der Waals surface area contributed by atoms with Gasteiger partial charge in [0.2, 0.25) is 0 Å². The standard InChI is InChI=1S/C15H23NO2/c1-4-18-15(17)6-5-9-16-11-14-8-7-12(2)13(3)10-14/h7-8,10,16H,4-6,9,11H2,1-3H3. The van der Waals surface area contributed by atoms with Gasteiger partial charge in [-0.2, -0.15) is 0 Å². The van der Waals surface area contributed by atoms with E-state index in [4.69, 9.17) is 4.74 Å². The molecule has 18 heavy (non-hydrogen) atoms. The molecule has 0 fully saturated rings. The Morgan fingerprint density at radius 3 is 2.72 bits per heavy atom. The number of carbonyl (C=O) groups excluding carboxylic acids is 1. The summed E-state index contributed by atoms with van der Waals surface area (Å²) in [5, 5.41) is 3.34.